The van der Waals surface area contributed by atoms with Crippen LogP contribution in [0.25, 0.3) is 6.08 Å². The normalized spacial score (nSPS) is 17.4. The molecule has 0 aliphatic carbocycles. The average Bonchev–Trinajstić information content (AvgIpc) is 3.18. The monoisotopic (exact) mass is 531 g/mol. The Labute approximate surface area is 215 Å². The molecule has 38 heavy (non-hydrogen) atoms. The van der Waals surface area contributed by atoms with Crippen LogP contribution in [0, 0.1) is 17.5 Å². The molecule has 0 radical (unpaired) electrons. The lowest BCUT2D eigenvalue weighted by Gasteiger charge is -2.39. The number of alkyl halides is 3. The minimum Gasteiger partial charge on any atom is -0.307 e. The molecule has 198 valence electrons. The highest BCUT2D eigenvalue weighted by Gasteiger charge is 2.46. The van der Waals surface area contributed by atoms with E-state index in [1.54, 1.807) is 12.2 Å². The summed E-state index contributed by atoms with van der Waals surface area (Å²) in [4.78, 5) is 20.2. The van der Waals surface area contributed by atoms with Crippen LogP contribution in [0.3, 0.4) is 0 Å². The first-order chi connectivity index (χ1) is 18.1. The van der Waals surface area contributed by atoms with Gasteiger partial charge in [0.2, 0.25) is 0 Å². The summed E-state index contributed by atoms with van der Waals surface area (Å²) < 4.78 is 80.7. The van der Waals surface area contributed by atoms with Crippen LogP contribution in [0.15, 0.2) is 60.8 Å². The second-order valence-electron chi connectivity index (χ2n) is 9.63. The van der Waals surface area contributed by atoms with Crippen LogP contribution in [0.5, 0.6) is 0 Å². The Morgan fingerprint density at radius 3 is 2.39 bits per heavy atom. The van der Waals surface area contributed by atoms with Crippen molar-refractivity contribution >= 4 is 17.7 Å². The first-order valence-corrected chi connectivity index (χ1v) is 12.0. The van der Waals surface area contributed by atoms with Crippen molar-refractivity contribution in [2.24, 2.45) is 0 Å². The Morgan fingerprint density at radius 2 is 1.68 bits per heavy atom. The number of rotatable bonds is 4. The van der Waals surface area contributed by atoms with Crippen molar-refractivity contribution in [1.29, 1.82) is 0 Å². The van der Waals surface area contributed by atoms with E-state index in [9.17, 15) is 31.1 Å². The van der Waals surface area contributed by atoms with E-state index >= 15 is 0 Å². The summed E-state index contributed by atoms with van der Waals surface area (Å²) in [5.74, 6) is -2.35. The number of carbonyl (C=O) groups excluding carboxylic acids is 1. The topological polar surface area (TPSA) is 36.4 Å². The fraction of sp³-hybridized carbons (Fsp3) is 0.286. The molecule has 0 N–H and O–H groups in total. The van der Waals surface area contributed by atoms with Gasteiger partial charge in [0.15, 0.2) is 0 Å². The fourth-order valence-corrected chi connectivity index (χ4v) is 5.25. The number of piperidine rings is 1. The molecule has 10 heteroatoms. The third-order valence-corrected chi connectivity index (χ3v) is 7.26. The smallest absolute Gasteiger partial charge is 0.307 e. The van der Waals surface area contributed by atoms with E-state index in [2.05, 4.69) is 9.88 Å². The number of hydrogen-bond acceptors (Lipinski definition) is 3. The van der Waals surface area contributed by atoms with E-state index in [4.69, 9.17) is 0 Å². The number of pyridine rings is 1. The van der Waals surface area contributed by atoms with E-state index in [-0.39, 0.29) is 17.7 Å². The van der Waals surface area contributed by atoms with Gasteiger partial charge >= 0.3 is 6.18 Å². The van der Waals surface area contributed by atoms with Crippen LogP contribution < -0.4 is 4.90 Å². The minimum absolute atomic E-state index is 0.143. The number of nitrogens with zero attached hydrogens (tertiary/aromatic N) is 3. The van der Waals surface area contributed by atoms with Gasteiger partial charge in [0.1, 0.15) is 23.1 Å². The largest absolute Gasteiger partial charge is 0.433 e. The number of amides is 1. The number of halogens is 6. The fourth-order valence-electron chi connectivity index (χ4n) is 5.25. The Bertz CT molecular complexity index is 1400. The lowest BCUT2D eigenvalue weighted by atomic mass is 9.74. The number of fused-ring (bicyclic) bond motifs is 2. The van der Waals surface area contributed by atoms with Crippen LogP contribution in [0.4, 0.5) is 32.0 Å². The van der Waals surface area contributed by atoms with E-state index in [1.807, 2.05) is 0 Å². The van der Waals surface area contributed by atoms with Gasteiger partial charge in [0.05, 0.1) is 0 Å². The van der Waals surface area contributed by atoms with Gasteiger partial charge in [-0.2, -0.15) is 13.2 Å². The highest BCUT2D eigenvalue weighted by Crippen LogP contribution is 2.47. The molecule has 2 aliphatic rings. The molecule has 3 heterocycles. The van der Waals surface area contributed by atoms with Gasteiger partial charge in [-0.05, 0) is 74.0 Å². The molecule has 1 amide bonds. The maximum Gasteiger partial charge on any atom is 0.433 e. The highest BCUT2D eigenvalue weighted by atomic mass is 19.4. The van der Waals surface area contributed by atoms with E-state index in [1.165, 1.54) is 41.3 Å². The van der Waals surface area contributed by atoms with Gasteiger partial charge in [0, 0.05) is 47.6 Å². The molecule has 5 rings (SSSR count). The minimum atomic E-state index is -4.69. The van der Waals surface area contributed by atoms with E-state index < -0.39 is 40.6 Å². The Balaban J connectivity index is 1.33. The molecule has 0 saturated carbocycles. The molecule has 3 aromatic rings. The SMILES string of the molecule is O=C(c1ccnc(C(F)(F)F)c1)N1CC2(CCN(C/C=C/c3ccc(F)cc3F)CC2)c2cc(F)ccc21. The number of hydrogen-bond donors (Lipinski definition) is 0. The maximum atomic E-state index is 14.3. The maximum absolute atomic E-state index is 14.3. The molecular formula is C28H23F6N3O. The van der Waals surface area contributed by atoms with Crippen LogP contribution in [0.2, 0.25) is 0 Å². The summed E-state index contributed by atoms with van der Waals surface area (Å²) in [7, 11) is 0. The van der Waals surface area contributed by atoms with Gasteiger partial charge in [-0.3, -0.25) is 14.7 Å². The summed E-state index contributed by atoms with van der Waals surface area (Å²) in [6.45, 7) is 1.96. The van der Waals surface area contributed by atoms with Gasteiger partial charge < -0.3 is 4.90 Å². The van der Waals surface area contributed by atoms with E-state index in [0.29, 0.717) is 43.7 Å². The molecule has 1 spiro atoms. The predicted octanol–water partition coefficient (Wildman–Crippen LogP) is 6.23. The van der Waals surface area contributed by atoms with Crippen LogP contribution >= 0.6 is 0 Å². The summed E-state index contributed by atoms with van der Waals surface area (Å²) in [5.41, 5.74) is -0.412. The molecular weight excluding hydrogens is 508 g/mol. The van der Waals surface area contributed by atoms with Crippen LogP contribution in [-0.2, 0) is 11.6 Å². The second kappa shape index (κ2) is 9.90. The molecule has 0 bridgehead atoms. The molecule has 0 atom stereocenters. The summed E-state index contributed by atoms with van der Waals surface area (Å²) in [6, 6.07) is 9.48. The second-order valence-corrected chi connectivity index (χ2v) is 9.63. The first-order valence-electron chi connectivity index (χ1n) is 12.0. The zero-order chi connectivity index (χ0) is 27.1. The van der Waals surface area contributed by atoms with Crippen molar-refractivity contribution in [2.45, 2.75) is 24.4 Å². The van der Waals surface area contributed by atoms with Crippen LogP contribution in [0.1, 0.15) is 40.0 Å². The van der Waals surface area contributed by atoms with Gasteiger partial charge in [-0.15, -0.1) is 0 Å². The zero-order valence-corrected chi connectivity index (χ0v) is 20.1. The number of carbonyl (C=O) groups is 1. The van der Waals surface area contributed by atoms with Gasteiger partial charge in [-0.1, -0.05) is 12.2 Å². The third-order valence-electron chi connectivity index (χ3n) is 7.26. The molecule has 2 aromatic carbocycles. The molecule has 2 aliphatic heterocycles. The quantitative estimate of drug-likeness (QED) is 0.375. The van der Waals surface area contributed by atoms with Crippen molar-refractivity contribution in [3.05, 3.63) is 101 Å². The van der Waals surface area contributed by atoms with Crippen molar-refractivity contribution in [3.8, 4) is 0 Å². The number of benzene rings is 2. The summed E-state index contributed by atoms with van der Waals surface area (Å²) >= 11 is 0. The van der Waals surface area contributed by atoms with Gasteiger partial charge in [0.25, 0.3) is 5.91 Å². The Kier molecular flexibility index (Phi) is 6.77. The number of aromatic nitrogens is 1. The first kappa shape index (κ1) is 26.0. The lowest BCUT2D eigenvalue weighted by molar-refractivity contribution is -0.141. The van der Waals surface area contributed by atoms with Crippen LogP contribution in [-0.4, -0.2) is 42.0 Å². The van der Waals surface area contributed by atoms with E-state index in [0.717, 1.165) is 18.3 Å². The predicted molar refractivity (Wildman–Crippen MR) is 130 cm³/mol. The molecule has 0 unspecified atom stereocenters. The molecule has 4 nitrogen and oxygen atoms in total. The van der Waals surface area contributed by atoms with Crippen molar-refractivity contribution < 1.29 is 31.1 Å². The molecule has 1 saturated heterocycles. The Hall–Kier alpha value is -3.66. The van der Waals surface area contributed by atoms with Crippen molar-refractivity contribution in [1.82, 2.24) is 9.88 Å². The van der Waals surface area contributed by atoms with Gasteiger partial charge in [-0.25, -0.2) is 13.2 Å². The standard InChI is InChI=1S/C28H23F6N3O/c29-20-5-6-24-22(15-20)27(17-37(24)26(38)19-7-10-35-25(14-19)28(32,33)34)8-12-36(13-9-27)11-1-2-18-3-4-21(30)16-23(18)31/h1-7,10,14-16H,8-9,11-13,17H2/b2-1+. The zero-order valence-electron chi connectivity index (χ0n) is 20.1. The number of anilines is 1. The molecule has 1 fully saturated rings. The summed E-state index contributed by atoms with van der Waals surface area (Å²) in [5, 5.41) is 0. The van der Waals surface area contributed by atoms with Crippen molar-refractivity contribution in [3.63, 3.8) is 0 Å². The highest BCUT2D eigenvalue weighted by molar-refractivity contribution is 6.07. The average molecular weight is 532 g/mol. The third kappa shape index (κ3) is 5.05. The molecule has 1 aromatic heterocycles. The number of likely N-dealkylation sites (tertiary alicyclic amines) is 1. The lowest BCUT2D eigenvalue weighted by Crippen LogP contribution is -2.46. The van der Waals surface area contributed by atoms with Crippen molar-refractivity contribution in [2.75, 3.05) is 31.1 Å². The Morgan fingerprint density at radius 1 is 0.974 bits per heavy atom. The summed E-state index contributed by atoms with van der Waals surface area (Å²) in [6.07, 6.45) is 0.828.